The van der Waals surface area contributed by atoms with Crippen molar-refractivity contribution in [2.24, 2.45) is 0 Å². The molecule has 0 N–H and O–H groups in total. The molecule has 216 valence electrons. The normalized spacial score (nSPS) is 31.0. The van der Waals surface area contributed by atoms with Crippen LogP contribution in [0.3, 0.4) is 0 Å². The van der Waals surface area contributed by atoms with E-state index in [9.17, 15) is 67.1 Å². The summed E-state index contributed by atoms with van der Waals surface area (Å²) in [6, 6.07) is 0. The Hall–Kier alpha value is -2.27. The van der Waals surface area contributed by atoms with Crippen LogP contribution in [0.15, 0.2) is 0 Å². The number of rotatable bonds is 0. The van der Waals surface area contributed by atoms with E-state index in [1.807, 2.05) is 0 Å². The highest BCUT2D eigenvalue weighted by Crippen LogP contribution is 2.47. The molecule has 1 unspecified atom stereocenters. The van der Waals surface area contributed by atoms with Crippen LogP contribution in [-0.4, -0.2) is 71.8 Å². The summed E-state index contributed by atoms with van der Waals surface area (Å²) in [6.07, 6.45) is -5.45. The van der Waals surface area contributed by atoms with Crippen LogP contribution in [0.25, 0.3) is 0 Å². The van der Waals surface area contributed by atoms with E-state index < -0.39 is 71.8 Å². The molecule has 0 aliphatic carbocycles. The van der Waals surface area contributed by atoms with E-state index in [-0.39, 0.29) is 22.3 Å². The summed E-state index contributed by atoms with van der Waals surface area (Å²) in [6.45, 7) is 2.60. The summed E-state index contributed by atoms with van der Waals surface area (Å²) in [4.78, 5) is 29.8. The number of carbonyl (C=O) groups is 3. The second-order valence-corrected chi connectivity index (χ2v) is 6.74. The van der Waals surface area contributed by atoms with Gasteiger partial charge in [0.25, 0.3) is 0 Å². The minimum atomic E-state index is -5.02. The number of carbonyl (C=O) groups excluding carboxylic acids is 3. The van der Waals surface area contributed by atoms with Crippen molar-refractivity contribution in [2.75, 3.05) is 0 Å². The van der Waals surface area contributed by atoms with Crippen molar-refractivity contribution < 1.29 is 81.3 Å². The number of cyclic esters (lactones) is 3. The van der Waals surface area contributed by atoms with Gasteiger partial charge >= 0.3 is 53.4 Å². The molecule has 6 nitrogen and oxygen atoms in total. The monoisotopic (exact) mass is 564 g/mol. The van der Waals surface area contributed by atoms with E-state index in [4.69, 9.17) is 0 Å². The van der Waals surface area contributed by atoms with E-state index >= 15 is 0 Å². The Kier molecular flexibility index (Phi) is 11.7. The van der Waals surface area contributed by atoms with Crippen LogP contribution in [0.4, 0.5) is 52.7 Å². The van der Waals surface area contributed by atoms with Crippen LogP contribution in [-0.2, 0) is 28.6 Å². The van der Waals surface area contributed by atoms with Crippen molar-refractivity contribution in [2.45, 2.75) is 96.9 Å². The van der Waals surface area contributed by atoms with Crippen LogP contribution in [0.5, 0.6) is 0 Å². The minimum Gasteiger partial charge on any atom is -0.451 e. The maximum Gasteiger partial charge on any atom is 0.416 e. The molecule has 18 heteroatoms. The highest BCUT2D eigenvalue weighted by Gasteiger charge is 2.75. The third-order valence-corrected chi connectivity index (χ3v) is 4.44. The molecule has 0 saturated carbocycles. The lowest BCUT2D eigenvalue weighted by atomic mass is 10.1. The lowest BCUT2D eigenvalue weighted by Crippen LogP contribution is -2.44. The molecular formula is C18H24F12O6. The Morgan fingerprint density at radius 3 is 0.889 bits per heavy atom. The van der Waals surface area contributed by atoms with Gasteiger partial charge in [-0.1, -0.05) is 22.3 Å². The van der Waals surface area contributed by atoms with Gasteiger partial charge in [0, 0.05) is 0 Å². The van der Waals surface area contributed by atoms with Gasteiger partial charge in [0.15, 0.2) is 6.10 Å². The first-order chi connectivity index (χ1) is 14.4. The third kappa shape index (κ3) is 5.66. The van der Waals surface area contributed by atoms with E-state index in [1.54, 1.807) is 0 Å². The number of ether oxygens (including phenoxy) is 3. The zero-order chi connectivity index (χ0) is 26.6. The summed E-state index contributed by atoms with van der Waals surface area (Å²) in [7, 11) is 0. The van der Waals surface area contributed by atoms with E-state index in [1.165, 1.54) is 0 Å². The van der Waals surface area contributed by atoms with Crippen LogP contribution in [0.1, 0.15) is 43.1 Å². The van der Waals surface area contributed by atoms with Crippen LogP contribution >= 0.6 is 0 Å². The minimum absolute atomic E-state index is 0. The highest BCUT2D eigenvalue weighted by molar-refractivity contribution is 6.03. The van der Waals surface area contributed by atoms with Gasteiger partial charge < -0.3 is 14.2 Å². The number of hydrogen-bond acceptors (Lipinski definition) is 6. The molecule has 0 aromatic carbocycles. The SMILES string of the molecule is C.C.C.CC1O[C@H](C)C(F)(F)C1(F)F.C[C@H]1OC(=O)C(F)(F)C1(F)F.O=C1OC(=O)C(F)(F)C1(F)F. The lowest BCUT2D eigenvalue weighted by Gasteiger charge is -2.20. The van der Waals surface area contributed by atoms with Crippen molar-refractivity contribution in [1.82, 2.24) is 0 Å². The third-order valence-electron chi connectivity index (χ3n) is 4.44. The second-order valence-electron chi connectivity index (χ2n) is 6.74. The van der Waals surface area contributed by atoms with Crippen LogP contribution in [0, 0.1) is 0 Å². The zero-order valence-electron chi connectivity index (χ0n) is 16.2. The Labute approximate surface area is 197 Å². The van der Waals surface area contributed by atoms with E-state index in [0.29, 0.717) is 0 Å². The van der Waals surface area contributed by atoms with Crippen LogP contribution < -0.4 is 0 Å². The van der Waals surface area contributed by atoms with Gasteiger partial charge in [-0.2, -0.15) is 52.7 Å². The molecular weight excluding hydrogens is 540 g/mol. The zero-order valence-corrected chi connectivity index (χ0v) is 16.2. The smallest absolute Gasteiger partial charge is 0.416 e. The summed E-state index contributed by atoms with van der Waals surface area (Å²) < 4.78 is 157. The molecule has 3 atom stereocenters. The van der Waals surface area contributed by atoms with Crippen molar-refractivity contribution in [3.05, 3.63) is 0 Å². The molecule has 0 radical (unpaired) electrons. The highest BCUT2D eigenvalue weighted by atomic mass is 19.3. The van der Waals surface area contributed by atoms with Crippen molar-refractivity contribution in [3.63, 3.8) is 0 Å². The van der Waals surface area contributed by atoms with Gasteiger partial charge in [0.05, 0.1) is 0 Å². The number of alkyl halides is 12. The van der Waals surface area contributed by atoms with Gasteiger partial charge in [0.1, 0.15) is 12.2 Å². The summed E-state index contributed by atoms with van der Waals surface area (Å²) in [5.74, 6) is -34.3. The van der Waals surface area contributed by atoms with E-state index in [2.05, 4.69) is 14.2 Å². The number of halogens is 12. The molecule has 0 aromatic rings. The molecule has 3 saturated heterocycles. The molecule has 0 spiro atoms. The molecule has 3 aliphatic rings. The molecule has 36 heavy (non-hydrogen) atoms. The van der Waals surface area contributed by atoms with Crippen LogP contribution in [0.2, 0.25) is 0 Å². The lowest BCUT2D eigenvalue weighted by molar-refractivity contribution is -0.194. The summed E-state index contributed by atoms with van der Waals surface area (Å²) in [5.41, 5.74) is 0. The fraction of sp³-hybridized carbons (Fsp3) is 0.833. The molecule has 0 bridgehead atoms. The topological polar surface area (TPSA) is 78.9 Å². The van der Waals surface area contributed by atoms with Gasteiger partial charge in [-0.3, -0.25) is 0 Å². The average molecular weight is 564 g/mol. The average Bonchev–Trinajstić information content (AvgIpc) is 2.95. The van der Waals surface area contributed by atoms with Crippen molar-refractivity contribution >= 4 is 17.9 Å². The maximum absolute atomic E-state index is 12.5. The maximum atomic E-state index is 12.5. The Morgan fingerprint density at radius 1 is 0.500 bits per heavy atom. The first-order valence-electron chi connectivity index (χ1n) is 8.30. The molecule has 0 aromatic heterocycles. The standard InChI is InChI=1S/C6H8F4O.C5H4F4O2.C4F4O3.3CH4/c1-3-5(7,8)6(9,10)4(2)11-3;1-2-4(6,7)5(8,9)3(10)11-2;5-3(6)1(9)11-2(10)4(3,7)8;;;/h3-4H,1-2H3;2H,1H3;;3*1H4/t3-,4?;2-;;;;/m11..../s1. The Bertz CT molecular complexity index is 772. The first-order valence-corrected chi connectivity index (χ1v) is 8.30. The number of hydrogen-bond donors (Lipinski definition) is 0. The van der Waals surface area contributed by atoms with E-state index in [0.717, 1.165) is 20.8 Å². The first kappa shape index (κ1) is 38.3. The number of esters is 3. The predicted molar refractivity (Wildman–Crippen MR) is 96.5 cm³/mol. The Morgan fingerprint density at radius 2 is 0.806 bits per heavy atom. The van der Waals surface area contributed by atoms with Crippen molar-refractivity contribution in [1.29, 1.82) is 0 Å². The fourth-order valence-corrected chi connectivity index (χ4v) is 2.19. The molecule has 3 aliphatic heterocycles. The molecule has 3 heterocycles. The van der Waals surface area contributed by atoms with Gasteiger partial charge in [-0.05, 0) is 20.8 Å². The Balaban J connectivity index is -0.000000436. The van der Waals surface area contributed by atoms with Crippen molar-refractivity contribution in [3.8, 4) is 0 Å². The summed E-state index contributed by atoms with van der Waals surface area (Å²) in [5, 5.41) is 0. The molecule has 3 fully saturated rings. The molecule has 0 amide bonds. The largest absolute Gasteiger partial charge is 0.451 e. The molecule has 3 rings (SSSR count). The van der Waals surface area contributed by atoms with Gasteiger partial charge in [-0.25, -0.2) is 14.4 Å². The second kappa shape index (κ2) is 11.0. The van der Waals surface area contributed by atoms with Gasteiger partial charge in [-0.15, -0.1) is 0 Å². The quantitative estimate of drug-likeness (QED) is 0.219. The van der Waals surface area contributed by atoms with Gasteiger partial charge in [0.2, 0.25) is 0 Å². The fourth-order valence-electron chi connectivity index (χ4n) is 2.19. The predicted octanol–water partition coefficient (Wildman–Crippen LogP) is 5.52. The summed E-state index contributed by atoms with van der Waals surface area (Å²) >= 11 is 0.